The zero-order chi connectivity index (χ0) is 16.4. The number of carbonyl (C=O) groups is 1. The van der Waals surface area contributed by atoms with Crippen LogP contribution < -0.4 is 10.2 Å². The third-order valence-corrected chi connectivity index (χ3v) is 4.12. The standard InChI is InChI=1S/C12H21N5O3S/c1-8-11(9(2)14-12(13-8)16(3)4)15-10(18)7-17(5)21(6,19)20/h7H2,1-6H3,(H,15,18). The minimum Gasteiger partial charge on any atom is -0.347 e. The number of rotatable bonds is 5. The van der Waals surface area contributed by atoms with E-state index in [0.29, 0.717) is 23.0 Å². The van der Waals surface area contributed by atoms with Crippen molar-refractivity contribution in [1.82, 2.24) is 14.3 Å². The van der Waals surface area contributed by atoms with Gasteiger partial charge in [-0.15, -0.1) is 0 Å². The molecule has 0 aromatic carbocycles. The Morgan fingerprint density at radius 2 is 1.62 bits per heavy atom. The number of nitrogens with one attached hydrogen (secondary N) is 1. The van der Waals surface area contributed by atoms with E-state index in [9.17, 15) is 13.2 Å². The molecule has 0 spiro atoms. The maximum atomic E-state index is 11.9. The second-order valence-corrected chi connectivity index (χ2v) is 7.12. The van der Waals surface area contributed by atoms with Gasteiger partial charge in [0.2, 0.25) is 21.9 Å². The Hall–Kier alpha value is -1.74. The highest BCUT2D eigenvalue weighted by Gasteiger charge is 2.17. The van der Waals surface area contributed by atoms with Gasteiger partial charge in [-0.3, -0.25) is 4.79 Å². The first-order valence-corrected chi connectivity index (χ1v) is 8.11. The van der Waals surface area contributed by atoms with Gasteiger partial charge in [0.05, 0.1) is 29.9 Å². The molecule has 0 fully saturated rings. The molecule has 0 aliphatic rings. The zero-order valence-corrected chi connectivity index (χ0v) is 13.9. The fourth-order valence-electron chi connectivity index (χ4n) is 1.58. The molecule has 1 rings (SSSR count). The lowest BCUT2D eigenvalue weighted by atomic mass is 10.3. The molecule has 0 atom stereocenters. The van der Waals surface area contributed by atoms with Crippen LogP contribution >= 0.6 is 0 Å². The van der Waals surface area contributed by atoms with Crippen molar-refractivity contribution in [3.8, 4) is 0 Å². The first kappa shape index (κ1) is 17.3. The summed E-state index contributed by atoms with van der Waals surface area (Å²) in [5, 5.41) is 2.66. The summed E-state index contributed by atoms with van der Waals surface area (Å²) < 4.78 is 23.6. The van der Waals surface area contributed by atoms with E-state index in [4.69, 9.17) is 0 Å². The molecule has 1 aromatic rings. The highest BCUT2D eigenvalue weighted by atomic mass is 32.2. The Morgan fingerprint density at radius 3 is 2.00 bits per heavy atom. The van der Waals surface area contributed by atoms with Gasteiger partial charge in [0, 0.05) is 21.1 Å². The monoisotopic (exact) mass is 315 g/mol. The molecular formula is C12H21N5O3S. The van der Waals surface area contributed by atoms with E-state index in [0.717, 1.165) is 10.6 Å². The summed E-state index contributed by atoms with van der Waals surface area (Å²) in [6, 6.07) is 0. The summed E-state index contributed by atoms with van der Waals surface area (Å²) in [5.41, 5.74) is 1.76. The number of hydrogen-bond donors (Lipinski definition) is 1. The van der Waals surface area contributed by atoms with Crippen LogP contribution in [0.5, 0.6) is 0 Å². The molecule has 0 aliphatic heterocycles. The van der Waals surface area contributed by atoms with E-state index in [2.05, 4.69) is 15.3 Å². The van der Waals surface area contributed by atoms with Crippen molar-refractivity contribution in [2.24, 2.45) is 0 Å². The second-order valence-electron chi connectivity index (χ2n) is 5.03. The van der Waals surface area contributed by atoms with Gasteiger partial charge in [0.15, 0.2) is 0 Å². The number of carbonyl (C=O) groups excluding carboxylic acids is 1. The van der Waals surface area contributed by atoms with Crippen molar-refractivity contribution in [1.29, 1.82) is 0 Å². The van der Waals surface area contributed by atoms with Gasteiger partial charge in [-0.25, -0.2) is 18.4 Å². The average Bonchev–Trinajstić information content (AvgIpc) is 2.32. The molecule has 0 saturated heterocycles. The molecule has 0 bridgehead atoms. The molecule has 9 heteroatoms. The van der Waals surface area contributed by atoms with Crippen LogP contribution in [0.25, 0.3) is 0 Å². The number of likely N-dealkylation sites (N-methyl/N-ethyl adjacent to an activating group) is 1. The van der Waals surface area contributed by atoms with Gasteiger partial charge < -0.3 is 10.2 Å². The highest BCUT2D eigenvalue weighted by molar-refractivity contribution is 7.88. The van der Waals surface area contributed by atoms with Crippen LogP contribution in [-0.2, 0) is 14.8 Å². The van der Waals surface area contributed by atoms with Crippen LogP contribution in [0.2, 0.25) is 0 Å². The lowest BCUT2D eigenvalue weighted by Gasteiger charge is -2.17. The summed E-state index contributed by atoms with van der Waals surface area (Å²) in [4.78, 5) is 22.2. The van der Waals surface area contributed by atoms with E-state index in [1.54, 1.807) is 18.7 Å². The van der Waals surface area contributed by atoms with Crippen molar-refractivity contribution in [3.05, 3.63) is 11.4 Å². The van der Waals surface area contributed by atoms with Crippen LogP contribution in [0.15, 0.2) is 0 Å². The number of aromatic nitrogens is 2. The molecule has 118 valence electrons. The van der Waals surface area contributed by atoms with Gasteiger partial charge in [-0.1, -0.05) is 0 Å². The first-order valence-electron chi connectivity index (χ1n) is 6.26. The van der Waals surface area contributed by atoms with Gasteiger partial charge in [0.1, 0.15) is 0 Å². The van der Waals surface area contributed by atoms with E-state index >= 15 is 0 Å². The number of hydrogen-bond acceptors (Lipinski definition) is 6. The van der Waals surface area contributed by atoms with Crippen molar-refractivity contribution < 1.29 is 13.2 Å². The average molecular weight is 315 g/mol. The Bertz CT molecular complexity index is 619. The lowest BCUT2D eigenvalue weighted by molar-refractivity contribution is -0.116. The first-order chi connectivity index (χ1) is 9.52. The Morgan fingerprint density at radius 1 is 1.14 bits per heavy atom. The number of sulfonamides is 1. The van der Waals surface area contributed by atoms with Crippen LogP contribution in [0.3, 0.4) is 0 Å². The molecule has 0 unspecified atom stereocenters. The topological polar surface area (TPSA) is 95.5 Å². The van der Waals surface area contributed by atoms with Crippen molar-refractivity contribution in [2.45, 2.75) is 13.8 Å². The molecule has 1 heterocycles. The van der Waals surface area contributed by atoms with Gasteiger partial charge in [-0.2, -0.15) is 4.31 Å². The normalized spacial score (nSPS) is 11.6. The number of anilines is 2. The molecule has 0 radical (unpaired) electrons. The van der Waals surface area contributed by atoms with E-state index in [1.807, 2.05) is 14.1 Å². The predicted molar refractivity (Wildman–Crippen MR) is 81.9 cm³/mol. The van der Waals surface area contributed by atoms with Crippen molar-refractivity contribution in [3.63, 3.8) is 0 Å². The summed E-state index contributed by atoms with van der Waals surface area (Å²) in [5.74, 6) is 0.117. The molecule has 21 heavy (non-hydrogen) atoms. The van der Waals surface area contributed by atoms with Crippen LogP contribution in [-0.4, -0.2) is 62.5 Å². The molecule has 1 amide bonds. The van der Waals surface area contributed by atoms with Crippen molar-refractivity contribution in [2.75, 3.05) is 44.2 Å². The van der Waals surface area contributed by atoms with Gasteiger partial charge >= 0.3 is 0 Å². The van der Waals surface area contributed by atoms with E-state index in [-0.39, 0.29) is 6.54 Å². The number of aryl methyl sites for hydroxylation is 2. The molecule has 1 aromatic heterocycles. The fraction of sp³-hybridized carbons (Fsp3) is 0.583. The fourth-order valence-corrected chi connectivity index (χ4v) is 1.93. The molecule has 0 saturated carbocycles. The molecule has 0 aliphatic carbocycles. The van der Waals surface area contributed by atoms with Crippen LogP contribution in [0.4, 0.5) is 11.6 Å². The third kappa shape index (κ3) is 4.64. The molecular weight excluding hydrogens is 294 g/mol. The summed E-state index contributed by atoms with van der Waals surface area (Å²) in [6.07, 6.45) is 1.05. The van der Waals surface area contributed by atoms with Crippen LogP contribution in [0, 0.1) is 13.8 Å². The predicted octanol–water partition coefficient (Wildman–Crippen LogP) is -0.0107. The summed E-state index contributed by atoms with van der Waals surface area (Å²) >= 11 is 0. The maximum absolute atomic E-state index is 11.9. The summed E-state index contributed by atoms with van der Waals surface area (Å²) in [7, 11) is 1.61. The van der Waals surface area contributed by atoms with Gasteiger partial charge in [0.25, 0.3) is 0 Å². The van der Waals surface area contributed by atoms with Crippen molar-refractivity contribution >= 4 is 27.6 Å². The highest BCUT2D eigenvalue weighted by Crippen LogP contribution is 2.19. The molecule has 8 nitrogen and oxygen atoms in total. The smallest absolute Gasteiger partial charge is 0.239 e. The second kappa shape index (κ2) is 6.35. The maximum Gasteiger partial charge on any atom is 0.239 e. The number of nitrogens with zero attached hydrogens (tertiary/aromatic N) is 4. The minimum absolute atomic E-state index is 0.257. The SMILES string of the molecule is Cc1nc(N(C)C)nc(C)c1NC(=O)CN(C)S(C)(=O)=O. The third-order valence-electron chi connectivity index (χ3n) is 2.86. The van der Waals surface area contributed by atoms with Crippen LogP contribution in [0.1, 0.15) is 11.4 Å². The summed E-state index contributed by atoms with van der Waals surface area (Å²) in [6.45, 7) is 3.27. The quantitative estimate of drug-likeness (QED) is 0.821. The van der Waals surface area contributed by atoms with Gasteiger partial charge in [-0.05, 0) is 13.8 Å². The number of amides is 1. The zero-order valence-electron chi connectivity index (χ0n) is 13.1. The largest absolute Gasteiger partial charge is 0.347 e. The Kier molecular flexibility index (Phi) is 5.24. The Labute approximate surface area is 125 Å². The van der Waals surface area contributed by atoms with E-state index < -0.39 is 15.9 Å². The molecule has 1 N–H and O–H groups in total. The van der Waals surface area contributed by atoms with E-state index in [1.165, 1.54) is 7.05 Å². The minimum atomic E-state index is -3.39. The Balaban J connectivity index is 2.91. The lowest BCUT2D eigenvalue weighted by Crippen LogP contribution is -2.34.